The van der Waals surface area contributed by atoms with E-state index in [0.29, 0.717) is 49.7 Å². The molecule has 398 valence electrons. The van der Waals surface area contributed by atoms with Gasteiger partial charge in [-0.1, -0.05) is 30.2 Å². The first kappa shape index (κ1) is 59.4. The van der Waals surface area contributed by atoms with E-state index in [1.807, 2.05) is 19.1 Å². The maximum absolute atomic E-state index is 13.4. The first-order valence-electron chi connectivity index (χ1n) is 23.9. The van der Waals surface area contributed by atoms with Crippen LogP contribution in [0.25, 0.3) is 0 Å². The van der Waals surface area contributed by atoms with Crippen molar-refractivity contribution < 1.29 is 104 Å². The van der Waals surface area contributed by atoms with Crippen molar-refractivity contribution in [3.05, 3.63) is 34.4 Å². The summed E-state index contributed by atoms with van der Waals surface area (Å²) >= 11 is 0. The van der Waals surface area contributed by atoms with Crippen LogP contribution in [0.5, 0.6) is 0 Å². The third kappa shape index (κ3) is 14.1. The van der Waals surface area contributed by atoms with Gasteiger partial charge in [-0.25, -0.2) is 0 Å². The highest BCUT2D eigenvalue weighted by Gasteiger charge is 2.53. The highest BCUT2D eigenvalue weighted by atomic mass is 16.7. The van der Waals surface area contributed by atoms with E-state index in [1.54, 1.807) is 27.7 Å². The minimum atomic E-state index is -1.70. The molecule has 19 unspecified atom stereocenters. The number of rotatable bonds is 23. The van der Waals surface area contributed by atoms with E-state index >= 15 is 0 Å². The molecule has 1 aliphatic carbocycles. The van der Waals surface area contributed by atoms with Crippen LogP contribution in [-0.2, 0) is 38.0 Å². The Kier molecular flexibility index (Phi) is 22.1. The maximum Gasteiger partial charge on any atom is 0.187 e. The Balaban J connectivity index is 1.52. The summed E-state index contributed by atoms with van der Waals surface area (Å²) in [6.07, 6.45) is -16.1. The molecule has 4 rings (SSSR count). The third-order valence-electron chi connectivity index (χ3n) is 14.9. The lowest BCUT2D eigenvalue weighted by molar-refractivity contribution is -0.318. The van der Waals surface area contributed by atoms with E-state index in [1.165, 1.54) is 13.8 Å². The number of hydrogen-bond acceptors (Lipinski definition) is 21. The molecule has 0 bridgehead atoms. The Labute approximate surface area is 403 Å². The lowest BCUT2D eigenvalue weighted by Gasteiger charge is -2.53. The Morgan fingerprint density at radius 2 is 1.25 bits per heavy atom. The van der Waals surface area contributed by atoms with Gasteiger partial charge < -0.3 is 94.8 Å². The van der Waals surface area contributed by atoms with Crippen molar-refractivity contribution in [2.75, 3.05) is 26.4 Å². The van der Waals surface area contributed by atoms with Crippen molar-refractivity contribution in [3.8, 4) is 0 Å². The quantitative estimate of drug-likeness (QED) is 0.0239. The molecule has 4 aliphatic rings. The molecular weight excluding hydrogens is 913 g/mol. The summed E-state index contributed by atoms with van der Waals surface area (Å²) in [6, 6.07) is 0. The molecule has 3 saturated heterocycles. The molecule has 21 heteroatoms. The van der Waals surface area contributed by atoms with Crippen molar-refractivity contribution >= 4 is 12.1 Å². The molecule has 0 spiro atoms. The zero-order valence-corrected chi connectivity index (χ0v) is 40.8. The molecule has 13 N–H and O–H groups in total. The second-order valence-electron chi connectivity index (χ2n) is 20.1. The topological polar surface area (TPSA) is 353 Å². The summed E-state index contributed by atoms with van der Waals surface area (Å²) in [7, 11) is 0. The summed E-state index contributed by atoms with van der Waals surface area (Å²) in [5.74, 6) is -0.703. The van der Waals surface area contributed by atoms with Gasteiger partial charge in [0.1, 0.15) is 85.1 Å². The van der Waals surface area contributed by atoms with Crippen LogP contribution in [0.1, 0.15) is 106 Å². The van der Waals surface area contributed by atoms with Gasteiger partial charge in [0.15, 0.2) is 24.7 Å². The second-order valence-corrected chi connectivity index (χ2v) is 20.1. The summed E-state index contributed by atoms with van der Waals surface area (Å²) in [5, 5.41) is 135. The molecule has 0 aromatic carbocycles. The highest BCUT2D eigenvalue weighted by Crippen LogP contribution is 2.55. The fourth-order valence-corrected chi connectivity index (χ4v) is 9.74. The fourth-order valence-electron chi connectivity index (χ4n) is 9.74. The number of aliphatic hydroxyl groups excluding tert-OH is 12. The standard InChI is InChI=1S/C48H80O21/c1-24(13-15-33(53)46(4,5)69-45-42(62)39(59)36(56)32(23-52)68-45)12-14-29(65-44-41(61)38(58)35(55)31(22-51)67-44)25(2)10-8-17-47(6)28(27(26(3)20-49)16-18-48(47,7)63)11-9-19-64-43-40(60)37(57)34(54)30(21-50)66-43/h10,12,20,28-32,34-45,50-52,54-63H,8-9,11,13-19,21-23H2,1-7H3. The molecular formula is C48H80O21. The molecule has 19 atom stereocenters. The van der Waals surface area contributed by atoms with Gasteiger partial charge in [0, 0.05) is 18.4 Å². The summed E-state index contributed by atoms with van der Waals surface area (Å²) < 4.78 is 34.5. The van der Waals surface area contributed by atoms with Gasteiger partial charge >= 0.3 is 0 Å². The Hall–Kier alpha value is -2.20. The van der Waals surface area contributed by atoms with Gasteiger partial charge in [-0.3, -0.25) is 9.59 Å². The van der Waals surface area contributed by atoms with Gasteiger partial charge in [0.25, 0.3) is 0 Å². The van der Waals surface area contributed by atoms with Crippen molar-refractivity contribution in [2.45, 2.75) is 216 Å². The molecule has 3 aliphatic heterocycles. The predicted octanol–water partition coefficient (Wildman–Crippen LogP) is -1.54. The van der Waals surface area contributed by atoms with Crippen molar-refractivity contribution in [1.82, 2.24) is 0 Å². The van der Waals surface area contributed by atoms with Crippen LogP contribution in [0.2, 0.25) is 0 Å². The van der Waals surface area contributed by atoms with Gasteiger partial charge in [0.2, 0.25) is 0 Å². The first-order valence-corrected chi connectivity index (χ1v) is 23.9. The molecule has 0 amide bonds. The molecule has 3 heterocycles. The molecule has 1 saturated carbocycles. The molecule has 21 nitrogen and oxygen atoms in total. The van der Waals surface area contributed by atoms with E-state index in [2.05, 4.69) is 0 Å². The van der Waals surface area contributed by atoms with Crippen molar-refractivity contribution in [2.24, 2.45) is 11.3 Å². The number of Topliss-reactive ketones (excluding diaryl/α,β-unsaturated/α-hetero) is 1. The van der Waals surface area contributed by atoms with Crippen LogP contribution in [0.4, 0.5) is 0 Å². The molecule has 69 heavy (non-hydrogen) atoms. The number of ketones is 1. The van der Waals surface area contributed by atoms with Crippen molar-refractivity contribution in [1.29, 1.82) is 0 Å². The zero-order valence-electron chi connectivity index (χ0n) is 40.8. The van der Waals surface area contributed by atoms with Crippen LogP contribution in [0.3, 0.4) is 0 Å². The molecule has 0 radical (unpaired) electrons. The molecule has 0 aromatic rings. The number of hydrogen-bond donors (Lipinski definition) is 13. The lowest BCUT2D eigenvalue weighted by atomic mass is 9.54. The summed E-state index contributed by atoms with van der Waals surface area (Å²) in [5.41, 5.74) is -0.709. The number of allylic oxidation sites excluding steroid dienone is 4. The summed E-state index contributed by atoms with van der Waals surface area (Å²) in [6.45, 7) is 10.1. The second kappa shape index (κ2) is 25.6. The SMILES string of the molecule is CC(=CCC(OC1OC(CO)C(O)C(O)C1O)C(C)=CCCC1(C)C(CCCOC2OC(CO)C(O)C(O)C2O)C(=C(C)C=O)CCC1(C)O)CCC(=O)C(C)(C)OC1OC(CO)C(O)C(O)C1O. The van der Waals surface area contributed by atoms with Crippen molar-refractivity contribution in [3.63, 3.8) is 0 Å². The minimum absolute atomic E-state index is 0.0284. The Morgan fingerprint density at radius 1 is 0.739 bits per heavy atom. The zero-order chi connectivity index (χ0) is 51.8. The Bertz CT molecular complexity index is 1750. The smallest absolute Gasteiger partial charge is 0.187 e. The monoisotopic (exact) mass is 993 g/mol. The number of carbonyl (C=O) groups excluding carboxylic acids is 2. The van der Waals surface area contributed by atoms with Gasteiger partial charge in [-0.15, -0.1) is 0 Å². The van der Waals surface area contributed by atoms with Gasteiger partial charge in [-0.2, -0.15) is 0 Å². The average molecular weight is 993 g/mol. The van der Waals surface area contributed by atoms with Crippen LogP contribution in [0, 0.1) is 11.3 Å². The van der Waals surface area contributed by atoms with E-state index in [9.17, 15) is 76.0 Å². The predicted molar refractivity (Wildman–Crippen MR) is 242 cm³/mol. The number of aliphatic hydroxyl groups is 13. The van der Waals surface area contributed by atoms with E-state index in [4.69, 9.17) is 28.4 Å². The normalized spacial score (nSPS) is 40.6. The molecule has 0 aromatic heterocycles. The van der Waals surface area contributed by atoms with E-state index in [-0.39, 0.29) is 37.6 Å². The van der Waals surface area contributed by atoms with E-state index < -0.39 is 135 Å². The van der Waals surface area contributed by atoms with Crippen LogP contribution >= 0.6 is 0 Å². The number of aldehydes is 1. The largest absolute Gasteiger partial charge is 0.394 e. The number of carbonyl (C=O) groups is 2. The lowest BCUT2D eigenvalue weighted by Crippen LogP contribution is -2.61. The highest BCUT2D eigenvalue weighted by molar-refractivity contribution is 5.86. The summed E-state index contributed by atoms with van der Waals surface area (Å²) in [4.78, 5) is 25.6. The number of ether oxygens (including phenoxy) is 6. The minimum Gasteiger partial charge on any atom is -0.394 e. The first-order chi connectivity index (χ1) is 32.3. The molecule has 4 fully saturated rings. The third-order valence-corrected chi connectivity index (χ3v) is 14.9. The fraction of sp³-hybridized carbons (Fsp3) is 0.833. The Morgan fingerprint density at radius 3 is 1.78 bits per heavy atom. The van der Waals surface area contributed by atoms with Crippen LogP contribution in [-0.4, -0.2) is 214 Å². The van der Waals surface area contributed by atoms with Gasteiger partial charge in [-0.05, 0) is 110 Å². The average Bonchev–Trinajstić information content (AvgIpc) is 3.31. The van der Waals surface area contributed by atoms with Gasteiger partial charge in [0.05, 0.1) is 31.5 Å². The van der Waals surface area contributed by atoms with Crippen LogP contribution in [0.15, 0.2) is 34.4 Å². The van der Waals surface area contributed by atoms with Crippen LogP contribution < -0.4 is 0 Å². The van der Waals surface area contributed by atoms with E-state index in [0.717, 1.165) is 17.4 Å². The maximum atomic E-state index is 13.4.